The molecule has 0 atom stereocenters. The Kier molecular flexibility index (Phi) is 6.04. The molecule has 0 spiro atoms. The van der Waals surface area contributed by atoms with Gasteiger partial charge in [0.1, 0.15) is 6.26 Å². The average Bonchev–Trinajstić information content (AvgIpc) is 2.78. The van der Waals surface area contributed by atoms with Crippen molar-refractivity contribution in [2.45, 2.75) is 51.9 Å². The van der Waals surface area contributed by atoms with E-state index in [1.165, 1.54) is 57.4 Å². The summed E-state index contributed by atoms with van der Waals surface area (Å²) in [4.78, 5) is 0. The van der Waals surface area contributed by atoms with Gasteiger partial charge in [0.15, 0.2) is 0 Å². The normalized spacial score (nSPS) is 17.2. The minimum atomic E-state index is 1.10. The SMILES string of the molecule is CCCC1CCCCC1.c1conn1. The molecule has 0 aliphatic heterocycles. The van der Waals surface area contributed by atoms with E-state index in [2.05, 4.69) is 21.8 Å². The molecule has 1 heterocycles. The summed E-state index contributed by atoms with van der Waals surface area (Å²) in [6.07, 6.45) is 13.3. The molecule has 1 aliphatic rings. The van der Waals surface area contributed by atoms with E-state index < -0.39 is 0 Å². The number of hydrogen-bond donors (Lipinski definition) is 0. The minimum absolute atomic E-state index is 1.10. The molecule has 0 radical (unpaired) electrons. The second kappa shape index (κ2) is 7.54. The highest BCUT2D eigenvalue weighted by molar-refractivity contribution is 4.64. The number of hydrogen-bond acceptors (Lipinski definition) is 3. The van der Waals surface area contributed by atoms with Crippen molar-refractivity contribution in [3.05, 3.63) is 12.5 Å². The van der Waals surface area contributed by atoms with Gasteiger partial charge in [0.25, 0.3) is 0 Å². The molecule has 3 nitrogen and oxygen atoms in total. The van der Waals surface area contributed by atoms with Gasteiger partial charge in [-0.05, 0) is 5.92 Å². The third-order valence-electron chi connectivity index (χ3n) is 2.70. The lowest BCUT2D eigenvalue weighted by molar-refractivity contribution is 0.336. The van der Waals surface area contributed by atoms with Crippen LogP contribution >= 0.6 is 0 Å². The van der Waals surface area contributed by atoms with Crippen molar-refractivity contribution in [1.82, 2.24) is 10.4 Å². The van der Waals surface area contributed by atoms with Crippen molar-refractivity contribution < 1.29 is 4.52 Å². The lowest BCUT2D eigenvalue weighted by Crippen LogP contribution is -2.04. The van der Waals surface area contributed by atoms with Gasteiger partial charge in [-0.3, -0.25) is 0 Å². The molecule has 0 aromatic carbocycles. The summed E-state index contributed by atoms with van der Waals surface area (Å²) in [5, 5.41) is 6.40. The smallest absolute Gasteiger partial charge is 0.144 e. The van der Waals surface area contributed by atoms with Crippen LogP contribution in [0, 0.1) is 5.92 Å². The molecule has 0 amide bonds. The van der Waals surface area contributed by atoms with Crippen molar-refractivity contribution >= 4 is 0 Å². The maximum absolute atomic E-state index is 4.22. The molecule has 1 aromatic heterocycles. The molecule has 2 rings (SSSR count). The lowest BCUT2D eigenvalue weighted by Gasteiger charge is -2.20. The Bertz CT molecular complexity index is 173. The first kappa shape index (κ1) is 11.2. The molecule has 1 fully saturated rings. The maximum Gasteiger partial charge on any atom is 0.144 e. The predicted octanol–water partition coefficient (Wildman–Crippen LogP) is 3.44. The maximum atomic E-state index is 4.22. The second-order valence-corrected chi connectivity index (χ2v) is 3.88. The van der Waals surface area contributed by atoms with Gasteiger partial charge in [0, 0.05) is 5.27 Å². The zero-order valence-corrected chi connectivity index (χ0v) is 8.98. The molecule has 3 heteroatoms. The van der Waals surface area contributed by atoms with Gasteiger partial charge < -0.3 is 4.52 Å². The first-order valence-corrected chi connectivity index (χ1v) is 5.64. The van der Waals surface area contributed by atoms with Gasteiger partial charge in [-0.2, -0.15) is 0 Å². The Morgan fingerprint density at radius 3 is 2.50 bits per heavy atom. The van der Waals surface area contributed by atoms with E-state index in [9.17, 15) is 0 Å². The van der Waals surface area contributed by atoms with E-state index in [1.807, 2.05) is 0 Å². The Hall–Kier alpha value is -0.860. The van der Waals surface area contributed by atoms with Gasteiger partial charge in [-0.1, -0.05) is 51.9 Å². The van der Waals surface area contributed by atoms with Crippen LogP contribution in [-0.4, -0.2) is 10.4 Å². The largest absolute Gasteiger partial charge is 0.346 e. The molecule has 1 aromatic rings. The second-order valence-electron chi connectivity index (χ2n) is 3.88. The Morgan fingerprint density at radius 2 is 2.07 bits per heavy atom. The van der Waals surface area contributed by atoms with Crippen LogP contribution in [0.4, 0.5) is 0 Å². The van der Waals surface area contributed by atoms with E-state index >= 15 is 0 Å². The van der Waals surface area contributed by atoms with Crippen LogP contribution in [0.1, 0.15) is 51.9 Å². The van der Waals surface area contributed by atoms with E-state index in [0.717, 1.165) is 5.92 Å². The zero-order chi connectivity index (χ0) is 10.1. The van der Waals surface area contributed by atoms with Gasteiger partial charge in [0.05, 0.1) is 6.20 Å². The van der Waals surface area contributed by atoms with Crippen LogP contribution in [0.2, 0.25) is 0 Å². The standard InChI is InChI=1S/C9H18.C2H2N2O/c1-2-6-9-7-4-3-5-8-9;1-2-5-4-3-1/h9H,2-8H2,1H3;1-2H. The monoisotopic (exact) mass is 196 g/mol. The number of nitrogens with zero attached hydrogens (tertiary/aromatic N) is 2. The third kappa shape index (κ3) is 5.00. The fourth-order valence-corrected chi connectivity index (χ4v) is 2.02. The predicted molar refractivity (Wildman–Crippen MR) is 55.8 cm³/mol. The van der Waals surface area contributed by atoms with Gasteiger partial charge in [-0.15, -0.1) is 5.10 Å². The number of rotatable bonds is 2. The van der Waals surface area contributed by atoms with Crippen molar-refractivity contribution in [1.29, 1.82) is 0 Å². The van der Waals surface area contributed by atoms with E-state index in [0.29, 0.717) is 0 Å². The van der Waals surface area contributed by atoms with E-state index in [-0.39, 0.29) is 0 Å². The summed E-state index contributed by atoms with van der Waals surface area (Å²) >= 11 is 0. The molecule has 0 N–H and O–H groups in total. The van der Waals surface area contributed by atoms with Crippen LogP contribution < -0.4 is 0 Å². The highest BCUT2D eigenvalue weighted by Gasteiger charge is 2.10. The average molecular weight is 196 g/mol. The quantitative estimate of drug-likeness (QED) is 0.727. The van der Waals surface area contributed by atoms with Gasteiger partial charge >= 0.3 is 0 Å². The molecule has 0 saturated heterocycles. The van der Waals surface area contributed by atoms with Crippen LogP contribution in [-0.2, 0) is 0 Å². The fourth-order valence-electron chi connectivity index (χ4n) is 2.02. The summed E-state index contributed by atoms with van der Waals surface area (Å²) in [6, 6.07) is 0. The van der Waals surface area contributed by atoms with Crippen molar-refractivity contribution in [3.63, 3.8) is 0 Å². The molecule has 0 bridgehead atoms. The summed E-state index contributed by atoms with van der Waals surface area (Å²) in [7, 11) is 0. The first-order chi connectivity index (χ1) is 6.93. The van der Waals surface area contributed by atoms with Crippen LogP contribution in [0.3, 0.4) is 0 Å². The topological polar surface area (TPSA) is 38.9 Å². The van der Waals surface area contributed by atoms with E-state index in [4.69, 9.17) is 0 Å². The molecule has 14 heavy (non-hydrogen) atoms. The molecule has 80 valence electrons. The van der Waals surface area contributed by atoms with E-state index in [1.54, 1.807) is 0 Å². The van der Waals surface area contributed by atoms with Crippen LogP contribution in [0.5, 0.6) is 0 Å². The van der Waals surface area contributed by atoms with Crippen LogP contribution in [0.25, 0.3) is 0 Å². The van der Waals surface area contributed by atoms with Crippen molar-refractivity contribution in [2.75, 3.05) is 0 Å². The van der Waals surface area contributed by atoms with Crippen LogP contribution in [0.15, 0.2) is 17.0 Å². The molecular weight excluding hydrogens is 176 g/mol. The molecular formula is C11H20N2O. The lowest BCUT2D eigenvalue weighted by atomic mass is 9.86. The summed E-state index contributed by atoms with van der Waals surface area (Å²) < 4.78 is 4.22. The minimum Gasteiger partial charge on any atom is -0.346 e. The first-order valence-electron chi connectivity index (χ1n) is 5.64. The summed E-state index contributed by atoms with van der Waals surface area (Å²) in [5.74, 6) is 1.10. The fraction of sp³-hybridized carbons (Fsp3) is 0.818. The molecule has 0 unspecified atom stereocenters. The molecule has 1 aliphatic carbocycles. The Balaban J connectivity index is 0.000000165. The number of aromatic nitrogens is 2. The van der Waals surface area contributed by atoms with Gasteiger partial charge in [-0.25, -0.2) is 0 Å². The zero-order valence-electron chi connectivity index (χ0n) is 8.98. The Labute approximate surface area is 85.9 Å². The Morgan fingerprint density at radius 1 is 1.29 bits per heavy atom. The van der Waals surface area contributed by atoms with Crippen molar-refractivity contribution in [2.24, 2.45) is 5.92 Å². The summed E-state index contributed by atoms with van der Waals surface area (Å²) in [6.45, 7) is 2.30. The molecule has 1 saturated carbocycles. The highest BCUT2D eigenvalue weighted by Crippen LogP contribution is 2.26. The van der Waals surface area contributed by atoms with Gasteiger partial charge in [0.2, 0.25) is 0 Å². The summed E-state index contributed by atoms with van der Waals surface area (Å²) in [5.41, 5.74) is 0. The highest BCUT2D eigenvalue weighted by atomic mass is 16.5. The van der Waals surface area contributed by atoms with Crippen molar-refractivity contribution in [3.8, 4) is 0 Å². The third-order valence-corrected chi connectivity index (χ3v) is 2.70.